The van der Waals surface area contributed by atoms with E-state index in [1.807, 2.05) is 43.1 Å². The molecule has 3 nitrogen and oxygen atoms in total. The fourth-order valence-electron chi connectivity index (χ4n) is 2.28. The molecule has 2 aromatic carbocycles. The van der Waals surface area contributed by atoms with Gasteiger partial charge in [-0.05, 0) is 37.3 Å². The molecule has 0 aliphatic carbocycles. The molecular formula is C16H19FN2O. The van der Waals surface area contributed by atoms with Crippen molar-refractivity contribution in [3.8, 4) is 5.75 Å². The van der Waals surface area contributed by atoms with Crippen LogP contribution < -0.4 is 15.4 Å². The molecule has 4 heteroatoms. The van der Waals surface area contributed by atoms with Crippen LogP contribution in [-0.2, 0) is 0 Å². The van der Waals surface area contributed by atoms with Gasteiger partial charge in [-0.3, -0.25) is 0 Å². The van der Waals surface area contributed by atoms with E-state index < -0.39 is 0 Å². The van der Waals surface area contributed by atoms with Crippen LogP contribution in [0.3, 0.4) is 0 Å². The molecule has 0 radical (unpaired) electrons. The van der Waals surface area contributed by atoms with Crippen LogP contribution in [0.15, 0.2) is 42.5 Å². The van der Waals surface area contributed by atoms with Gasteiger partial charge in [0.2, 0.25) is 0 Å². The zero-order chi connectivity index (χ0) is 14.7. The van der Waals surface area contributed by atoms with Gasteiger partial charge in [0.1, 0.15) is 11.6 Å². The van der Waals surface area contributed by atoms with Gasteiger partial charge in [-0.15, -0.1) is 0 Å². The summed E-state index contributed by atoms with van der Waals surface area (Å²) in [5.74, 6) is 0.473. The first kappa shape index (κ1) is 14.3. The Morgan fingerprint density at radius 3 is 2.50 bits per heavy atom. The van der Waals surface area contributed by atoms with Crippen molar-refractivity contribution in [3.05, 3.63) is 53.8 Å². The first-order valence-electron chi connectivity index (χ1n) is 6.46. The fraction of sp³-hybridized carbons (Fsp3) is 0.250. The van der Waals surface area contributed by atoms with Crippen LogP contribution in [0.25, 0.3) is 0 Å². The normalized spacial score (nSPS) is 12.1. The lowest BCUT2D eigenvalue weighted by atomic mass is 10.0. The first-order chi connectivity index (χ1) is 9.54. The van der Waals surface area contributed by atoms with Crippen molar-refractivity contribution < 1.29 is 9.13 Å². The van der Waals surface area contributed by atoms with E-state index in [0.29, 0.717) is 0 Å². The third-order valence-electron chi connectivity index (χ3n) is 3.28. The summed E-state index contributed by atoms with van der Waals surface area (Å²) < 4.78 is 18.7. The number of nitrogens with two attached hydrogens (primary N) is 1. The maximum absolute atomic E-state index is 13.4. The van der Waals surface area contributed by atoms with Gasteiger partial charge >= 0.3 is 0 Å². The number of hydrogen-bond acceptors (Lipinski definition) is 3. The number of rotatable bonds is 4. The lowest BCUT2D eigenvalue weighted by Gasteiger charge is -2.25. The maximum atomic E-state index is 13.4. The Kier molecular flexibility index (Phi) is 4.25. The predicted octanol–water partition coefficient (Wildman–Crippen LogP) is 3.62. The lowest BCUT2D eigenvalue weighted by molar-refractivity contribution is 0.407. The highest BCUT2D eigenvalue weighted by atomic mass is 19.1. The predicted molar refractivity (Wildman–Crippen MR) is 80.1 cm³/mol. The molecule has 0 heterocycles. The van der Waals surface area contributed by atoms with E-state index in [0.717, 1.165) is 22.7 Å². The van der Waals surface area contributed by atoms with Crippen LogP contribution in [0.4, 0.5) is 15.8 Å². The average molecular weight is 274 g/mol. The molecule has 0 saturated heterocycles. The zero-order valence-electron chi connectivity index (χ0n) is 11.9. The van der Waals surface area contributed by atoms with E-state index in [1.165, 1.54) is 12.1 Å². The van der Waals surface area contributed by atoms with E-state index >= 15 is 0 Å². The van der Waals surface area contributed by atoms with Gasteiger partial charge in [0.15, 0.2) is 0 Å². The van der Waals surface area contributed by atoms with Crippen molar-refractivity contribution in [2.45, 2.75) is 13.0 Å². The van der Waals surface area contributed by atoms with Crippen molar-refractivity contribution in [3.63, 3.8) is 0 Å². The van der Waals surface area contributed by atoms with Crippen molar-refractivity contribution in [1.29, 1.82) is 0 Å². The number of benzene rings is 2. The summed E-state index contributed by atoms with van der Waals surface area (Å²) in [6, 6.07) is 12.0. The summed E-state index contributed by atoms with van der Waals surface area (Å²) in [4.78, 5) is 1.91. The molecular weight excluding hydrogens is 255 g/mol. The number of nitrogens with zero attached hydrogens (tertiary/aromatic N) is 1. The van der Waals surface area contributed by atoms with Gasteiger partial charge in [-0.25, -0.2) is 4.39 Å². The number of ether oxygens (including phenoxy) is 1. The van der Waals surface area contributed by atoms with E-state index in [4.69, 9.17) is 10.5 Å². The van der Waals surface area contributed by atoms with E-state index in [2.05, 4.69) is 0 Å². The zero-order valence-corrected chi connectivity index (χ0v) is 11.9. The molecule has 0 bridgehead atoms. The van der Waals surface area contributed by atoms with Crippen LogP contribution in [-0.4, -0.2) is 14.2 Å². The van der Waals surface area contributed by atoms with Gasteiger partial charge in [0, 0.05) is 30.0 Å². The molecule has 0 aliphatic heterocycles. The Bertz CT molecular complexity index is 599. The maximum Gasteiger partial charge on any atom is 0.125 e. The van der Waals surface area contributed by atoms with Crippen molar-refractivity contribution in [2.24, 2.45) is 5.73 Å². The SMILES string of the molecule is COc1cccc(N(C)c2cccc(F)c2)c1[C@@H](C)N. The second kappa shape index (κ2) is 5.92. The highest BCUT2D eigenvalue weighted by molar-refractivity contribution is 5.69. The van der Waals surface area contributed by atoms with Crippen LogP contribution in [0, 0.1) is 5.82 Å². The minimum Gasteiger partial charge on any atom is -0.496 e. The summed E-state index contributed by atoms with van der Waals surface area (Å²) >= 11 is 0. The van der Waals surface area contributed by atoms with Crippen LogP contribution in [0.5, 0.6) is 5.75 Å². The molecule has 2 rings (SSSR count). The molecule has 1 atom stereocenters. The van der Waals surface area contributed by atoms with Gasteiger partial charge in [-0.2, -0.15) is 0 Å². The summed E-state index contributed by atoms with van der Waals surface area (Å²) in [6.07, 6.45) is 0. The molecule has 2 N–H and O–H groups in total. The highest BCUT2D eigenvalue weighted by Gasteiger charge is 2.17. The Morgan fingerprint density at radius 1 is 1.20 bits per heavy atom. The van der Waals surface area contributed by atoms with Gasteiger partial charge in [0.05, 0.1) is 7.11 Å². The number of hydrogen-bond donors (Lipinski definition) is 1. The Labute approximate surface area is 118 Å². The van der Waals surface area contributed by atoms with Crippen LogP contribution in [0.1, 0.15) is 18.5 Å². The van der Waals surface area contributed by atoms with Crippen molar-refractivity contribution in [1.82, 2.24) is 0 Å². The fourth-order valence-corrected chi connectivity index (χ4v) is 2.28. The number of halogens is 1. The molecule has 0 aliphatic rings. The number of methoxy groups -OCH3 is 1. The monoisotopic (exact) mass is 274 g/mol. The third kappa shape index (κ3) is 2.75. The average Bonchev–Trinajstić information content (AvgIpc) is 2.45. The largest absolute Gasteiger partial charge is 0.496 e. The van der Waals surface area contributed by atoms with Gasteiger partial charge < -0.3 is 15.4 Å². The van der Waals surface area contributed by atoms with Crippen LogP contribution in [0.2, 0.25) is 0 Å². The van der Waals surface area contributed by atoms with Crippen molar-refractivity contribution in [2.75, 3.05) is 19.1 Å². The minimum absolute atomic E-state index is 0.183. The second-order valence-corrected chi connectivity index (χ2v) is 4.72. The summed E-state index contributed by atoms with van der Waals surface area (Å²) in [7, 11) is 3.50. The minimum atomic E-state index is -0.264. The van der Waals surface area contributed by atoms with E-state index in [-0.39, 0.29) is 11.9 Å². The summed E-state index contributed by atoms with van der Waals surface area (Å²) in [6.45, 7) is 1.90. The molecule has 20 heavy (non-hydrogen) atoms. The second-order valence-electron chi connectivity index (χ2n) is 4.72. The Morgan fingerprint density at radius 2 is 1.90 bits per heavy atom. The van der Waals surface area contributed by atoms with E-state index in [1.54, 1.807) is 13.2 Å². The lowest BCUT2D eigenvalue weighted by Crippen LogP contribution is -2.16. The molecule has 0 aromatic heterocycles. The first-order valence-corrected chi connectivity index (χ1v) is 6.46. The molecule has 106 valence electrons. The standard InChI is InChI=1S/C16H19FN2O/c1-11(18)16-14(8-5-9-15(16)20-3)19(2)13-7-4-6-12(17)10-13/h4-11H,18H2,1-3H3/t11-/m1/s1. The molecule has 0 amide bonds. The number of anilines is 2. The van der Waals surface area contributed by atoms with Crippen LogP contribution >= 0.6 is 0 Å². The Balaban J connectivity index is 2.52. The molecule has 0 unspecified atom stereocenters. The van der Waals surface area contributed by atoms with Gasteiger partial charge in [0.25, 0.3) is 0 Å². The van der Waals surface area contributed by atoms with E-state index in [9.17, 15) is 4.39 Å². The quantitative estimate of drug-likeness (QED) is 0.925. The highest BCUT2D eigenvalue weighted by Crippen LogP contribution is 2.36. The molecule has 0 fully saturated rings. The molecule has 2 aromatic rings. The summed E-state index contributed by atoms with van der Waals surface area (Å²) in [5.41, 5.74) is 8.63. The molecule has 0 saturated carbocycles. The third-order valence-corrected chi connectivity index (χ3v) is 3.28. The van der Waals surface area contributed by atoms with Gasteiger partial charge in [-0.1, -0.05) is 12.1 Å². The smallest absolute Gasteiger partial charge is 0.125 e. The topological polar surface area (TPSA) is 38.5 Å². The molecule has 0 spiro atoms. The summed E-state index contributed by atoms with van der Waals surface area (Å²) in [5, 5.41) is 0. The Hall–Kier alpha value is -2.07. The van der Waals surface area contributed by atoms with Crippen molar-refractivity contribution >= 4 is 11.4 Å².